The van der Waals surface area contributed by atoms with Crippen LogP contribution in [-0.4, -0.2) is 35.8 Å². The summed E-state index contributed by atoms with van der Waals surface area (Å²) in [5, 5.41) is 14.4. The van der Waals surface area contributed by atoms with Gasteiger partial charge in [-0.2, -0.15) is 0 Å². The molecule has 0 spiro atoms. The van der Waals surface area contributed by atoms with Crippen LogP contribution in [0.3, 0.4) is 0 Å². The van der Waals surface area contributed by atoms with Crippen molar-refractivity contribution >= 4 is 23.5 Å². The first-order valence-corrected chi connectivity index (χ1v) is 18.1. The Labute approximate surface area is 325 Å². The molecule has 0 saturated heterocycles. The van der Waals surface area contributed by atoms with Gasteiger partial charge in [0.2, 0.25) is 5.91 Å². The van der Waals surface area contributed by atoms with Gasteiger partial charge in [-0.25, -0.2) is 0 Å². The van der Waals surface area contributed by atoms with Crippen molar-refractivity contribution in [2.24, 2.45) is 0 Å². The molecule has 0 radical (unpaired) electrons. The summed E-state index contributed by atoms with van der Waals surface area (Å²) in [5.41, 5.74) is 7.76. The Kier molecular flexibility index (Phi) is 20.3. The van der Waals surface area contributed by atoms with Crippen LogP contribution >= 0.6 is 0 Å². The maximum Gasteiger partial charge on any atom is 0.573 e. The fraction of sp³-hybridized carbons (Fsp3) is 0.356. The summed E-state index contributed by atoms with van der Waals surface area (Å²) in [6.07, 6.45) is -0.800. The second-order valence-corrected chi connectivity index (χ2v) is 13.0. The van der Waals surface area contributed by atoms with E-state index in [4.69, 9.17) is 5.11 Å². The lowest BCUT2D eigenvalue weighted by atomic mass is 9.78. The van der Waals surface area contributed by atoms with E-state index in [9.17, 15) is 27.6 Å². The first-order valence-electron chi connectivity index (χ1n) is 18.1. The molecule has 2 unspecified atom stereocenters. The second-order valence-electron chi connectivity index (χ2n) is 13.0. The number of amides is 2. The number of ether oxygens (including phenoxy) is 1. The lowest BCUT2D eigenvalue weighted by Crippen LogP contribution is -2.27. The highest BCUT2D eigenvalue weighted by atomic mass is 19.4. The van der Waals surface area contributed by atoms with Crippen molar-refractivity contribution in [3.05, 3.63) is 131 Å². The fourth-order valence-corrected chi connectivity index (χ4v) is 6.12. The molecule has 0 saturated carbocycles. The van der Waals surface area contributed by atoms with Crippen LogP contribution in [-0.2, 0) is 9.59 Å². The molecule has 0 heterocycles. The average Bonchev–Trinajstić information content (AvgIpc) is 3.09. The van der Waals surface area contributed by atoms with Crippen molar-refractivity contribution in [1.82, 2.24) is 5.32 Å². The summed E-state index contributed by atoms with van der Waals surface area (Å²) >= 11 is 0. The van der Waals surface area contributed by atoms with Gasteiger partial charge in [-0.3, -0.25) is 14.4 Å². The molecular weight excluding hydrogens is 705 g/mol. The van der Waals surface area contributed by atoms with E-state index in [1.165, 1.54) is 36.2 Å². The van der Waals surface area contributed by atoms with E-state index >= 15 is 0 Å². The van der Waals surface area contributed by atoms with Gasteiger partial charge in [-0.15, -0.1) is 19.8 Å². The topological polar surface area (TPSA) is 105 Å². The molecule has 2 atom stereocenters. The summed E-state index contributed by atoms with van der Waals surface area (Å²) < 4.78 is 42.7. The smallest absolute Gasteiger partial charge is 0.481 e. The molecule has 0 bridgehead atoms. The largest absolute Gasteiger partial charge is 0.573 e. The molecule has 7 nitrogen and oxygen atoms in total. The quantitative estimate of drug-likeness (QED) is 0.118. The van der Waals surface area contributed by atoms with Gasteiger partial charge < -0.3 is 20.5 Å². The highest BCUT2D eigenvalue weighted by Crippen LogP contribution is 2.39. The number of alkyl halides is 3. The zero-order chi connectivity index (χ0) is 40.4. The molecule has 10 heteroatoms. The molecule has 0 aromatic heterocycles. The van der Waals surface area contributed by atoms with Crippen molar-refractivity contribution in [3.63, 3.8) is 0 Å². The summed E-state index contributed by atoms with van der Waals surface area (Å²) in [6.45, 7) is 17.6. The van der Waals surface area contributed by atoms with Crippen molar-refractivity contribution in [2.75, 3.05) is 11.9 Å². The van der Waals surface area contributed by atoms with Crippen molar-refractivity contribution in [3.8, 4) is 16.9 Å². The van der Waals surface area contributed by atoms with Crippen LogP contribution in [0.15, 0.2) is 97.6 Å². The highest BCUT2D eigenvalue weighted by Gasteiger charge is 2.33. The predicted molar refractivity (Wildman–Crippen MR) is 218 cm³/mol. The van der Waals surface area contributed by atoms with Crippen LogP contribution in [0.25, 0.3) is 11.1 Å². The van der Waals surface area contributed by atoms with E-state index < -0.39 is 35.8 Å². The number of carboxylic acid groups (broad SMARTS) is 1. The van der Waals surface area contributed by atoms with E-state index in [1.807, 2.05) is 38.1 Å². The number of aliphatic carboxylic acids is 1. The molecule has 0 fully saturated rings. The summed E-state index contributed by atoms with van der Waals surface area (Å²) in [5.74, 6) is -3.39. The minimum Gasteiger partial charge on any atom is -0.481 e. The van der Waals surface area contributed by atoms with Crippen molar-refractivity contribution < 1.29 is 37.4 Å². The lowest BCUT2D eigenvalue weighted by molar-refractivity contribution is -0.274. The van der Waals surface area contributed by atoms with Crippen LogP contribution < -0.4 is 15.4 Å². The SMILES string of the molecule is C.C=CC.CCC.CCCC(c1ccc(C(=O)NCCC(=O)O)cc1)C(C(=O)Nc1ccc(-c2c(C)cc(C)cc2C)cc1)c1ccc(OC(F)(F)F)cc1. The number of carbonyl (C=O) groups excluding carboxylic acids is 2. The Morgan fingerprint density at radius 3 is 1.84 bits per heavy atom. The number of carbonyl (C=O) groups is 3. The molecule has 2 amide bonds. The van der Waals surface area contributed by atoms with E-state index in [-0.39, 0.29) is 26.3 Å². The van der Waals surface area contributed by atoms with E-state index in [2.05, 4.69) is 68.7 Å². The maximum atomic E-state index is 14.1. The second kappa shape index (κ2) is 23.4. The first kappa shape index (κ1) is 47.6. The van der Waals surface area contributed by atoms with Gasteiger partial charge in [0, 0.05) is 17.8 Å². The molecule has 4 rings (SSSR count). The number of rotatable bonds is 13. The number of hydrogen-bond donors (Lipinski definition) is 3. The number of carboxylic acids is 1. The lowest BCUT2D eigenvalue weighted by Gasteiger charge is -2.28. The summed E-state index contributed by atoms with van der Waals surface area (Å²) in [4.78, 5) is 37.5. The van der Waals surface area contributed by atoms with Crippen molar-refractivity contribution in [1.29, 1.82) is 0 Å². The molecule has 298 valence electrons. The summed E-state index contributed by atoms with van der Waals surface area (Å²) in [6, 6.07) is 23.8. The van der Waals surface area contributed by atoms with Crippen LogP contribution in [0, 0.1) is 20.8 Å². The zero-order valence-corrected chi connectivity index (χ0v) is 32.3. The third-order valence-corrected chi connectivity index (χ3v) is 8.10. The molecule has 55 heavy (non-hydrogen) atoms. The maximum absolute atomic E-state index is 14.1. The third-order valence-electron chi connectivity index (χ3n) is 8.10. The van der Waals surface area contributed by atoms with Gasteiger partial charge in [-0.1, -0.05) is 101 Å². The van der Waals surface area contributed by atoms with Gasteiger partial charge in [0.05, 0.1) is 12.3 Å². The first-order chi connectivity index (χ1) is 25.6. The van der Waals surface area contributed by atoms with Crippen LogP contribution in [0.4, 0.5) is 18.9 Å². The molecule has 3 N–H and O–H groups in total. The monoisotopic (exact) mass is 762 g/mol. The standard InChI is InChI=1S/C38H39F3N2O5.C3H8.C3H6.CH4/c1-5-6-32(26-7-9-29(10-8-26)36(46)42-20-19-33(44)45)35(28-13-17-31(18-14-28)48-38(39,40)41)37(47)43-30-15-11-27(12-16-30)34-24(3)21-23(2)22-25(34)4;2*1-3-2;/h7-18,21-22,32,35H,5-6,19-20H2,1-4H3,(H,42,46)(H,43,47)(H,44,45);3H2,1-2H3;3H,1H2,2H3;1H4. The van der Waals surface area contributed by atoms with E-state index in [0.29, 0.717) is 29.7 Å². The molecule has 0 aliphatic carbocycles. The summed E-state index contributed by atoms with van der Waals surface area (Å²) in [7, 11) is 0. The molecular formula is C45H57F3N2O5. The third kappa shape index (κ3) is 15.5. The Balaban J connectivity index is 0.00000202. The van der Waals surface area contributed by atoms with Crippen LogP contribution in [0.1, 0.15) is 111 Å². The Morgan fingerprint density at radius 1 is 0.855 bits per heavy atom. The van der Waals surface area contributed by atoms with Gasteiger partial charge in [0.25, 0.3) is 5.91 Å². The normalized spacial score (nSPS) is 11.5. The molecule has 0 aliphatic rings. The Morgan fingerprint density at radius 2 is 1.36 bits per heavy atom. The predicted octanol–water partition coefficient (Wildman–Crippen LogP) is 11.9. The minimum absolute atomic E-state index is 0. The number of aryl methyl sites for hydroxylation is 3. The van der Waals surface area contributed by atoms with Gasteiger partial charge in [-0.05, 0) is 110 Å². The minimum atomic E-state index is -4.85. The molecule has 4 aromatic carbocycles. The number of anilines is 1. The van der Waals surface area contributed by atoms with Gasteiger partial charge in [0.15, 0.2) is 0 Å². The number of allylic oxidation sites excluding steroid dienone is 1. The highest BCUT2D eigenvalue weighted by molar-refractivity contribution is 5.97. The molecule has 0 aliphatic heterocycles. The van der Waals surface area contributed by atoms with Crippen molar-refractivity contribution in [2.45, 2.75) is 99.8 Å². The Bertz CT molecular complexity index is 1780. The number of benzene rings is 4. The van der Waals surface area contributed by atoms with Crippen LogP contribution in [0.2, 0.25) is 0 Å². The number of hydrogen-bond acceptors (Lipinski definition) is 4. The number of nitrogens with one attached hydrogen (secondary N) is 2. The molecule has 4 aromatic rings. The van der Waals surface area contributed by atoms with Gasteiger partial charge >= 0.3 is 12.3 Å². The fourth-order valence-electron chi connectivity index (χ4n) is 6.12. The van der Waals surface area contributed by atoms with Gasteiger partial charge in [0.1, 0.15) is 5.75 Å². The van der Waals surface area contributed by atoms with E-state index in [0.717, 1.165) is 27.8 Å². The Hall–Kier alpha value is -5.38. The zero-order valence-electron chi connectivity index (χ0n) is 32.3. The van der Waals surface area contributed by atoms with Crippen LogP contribution in [0.5, 0.6) is 5.75 Å². The van der Waals surface area contributed by atoms with E-state index in [1.54, 1.807) is 30.3 Å². The number of halogens is 3. The average molecular weight is 763 g/mol.